The van der Waals surface area contributed by atoms with Crippen LogP contribution in [0.4, 0.5) is 5.69 Å². The molecule has 0 spiro atoms. The first kappa shape index (κ1) is 16.4. The molecule has 0 amide bonds. The highest BCUT2D eigenvalue weighted by molar-refractivity contribution is 7.63. The number of hydrogen-bond donors (Lipinski definition) is 0. The lowest BCUT2D eigenvalue weighted by Gasteiger charge is -2.03. The summed E-state index contributed by atoms with van der Waals surface area (Å²) in [4.78, 5) is 10.4. The number of thiazole rings is 1. The number of rotatable bonds is 4. The highest BCUT2D eigenvalue weighted by Crippen LogP contribution is 2.33. The van der Waals surface area contributed by atoms with Crippen LogP contribution in [0.1, 0.15) is 0 Å². The molecule has 1 heterocycles. The molecule has 0 saturated carbocycles. The van der Waals surface area contributed by atoms with Gasteiger partial charge < -0.3 is 17.4 Å². The van der Waals surface area contributed by atoms with E-state index in [2.05, 4.69) is 0 Å². The third kappa shape index (κ3) is 2.95. The Morgan fingerprint density at radius 1 is 1.08 bits per heavy atom. The van der Waals surface area contributed by atoms with E-state index < -0.39 is 4.92 Å². The average Bonchev–Trinajstić information content (AvgIpc) is 2.89. The van der Waals surface area contributed by atoms with Crippen LogP contribution in [0.3, 0.4) is 0 Å². The number of nitrogens with zero attached hydrogens (tertiary/aromatic N) is 2. The fraction of sp³-hybridized carbons (Fsp3) is 0.118. The average molecular weight is 358 g/mol. The molecular weight excluding hydrogens is 344 g/mol. The molecule has 3 rings (SSSR count). The van der Waals surface area contributed by atoms with Crippen LogP contribution in [0.5, 0.6) is 5.75 Å². The molecule has 0 fully saturated rings. The Morgan fingerprint density at radius 2 is 1.67 bits per heavy atom. The summed E-state index contributed by atoms with van der Waals surface area (Å²) in [6, 6.07) is 14.2. The molecule has 7 heteroatoms. The van der Waals surface area contributed by atoms with Crippen LogP contribution < -0.4 is 9.30 Å². The zero-order valence-corrected chi connectivity index (χ0v) is 14.7. The van der Waals surface area contributed by atoms with Gasteiger partial charge in [0.1, 0.15) is 12.8 Å². The summed E-state index contributed by atoms with van der Waals surface area (Å²) in [5, 5.41) is 11.8. The van der Waals surface area contributed by atoms with Crippen LogP contribution in [0.2, 0.25) is 0 Å². The van der Waals surface area contributed by atoms with Crippen molar-refractivity contribution >= 4 is 29.7 Å². The maximum Gasteiger partial charge on any atom is 0.269 e. The van der Waals surface area contributed by atoms with Crippen LogP contribution >= 0.6 is 11.3 Å². The van der Waals surface area contributed by atoms with Crippen molar-refractivity contribution in [1.29, 1.82) is 0 Å². The van der Waals surface area contributed by atoms with Crippen LogP contribution in [-0.2, 0) is 19.7 Å². The predicted molar refractivity (Wildman–Crippen MR) is 95.2 cm³/mol. The number of ether oxygens (including phenoxy) is 1. The number of benzene rings is 2. The topological polar surface area (TPSA) is 56.3 Å². The Morgan fingerprint density at radius 3 is 2.21 bits per heavy atom. The SMILES string of the molecule is COc1ccc(-c2sc([S-])c(-c3ccc([N+](=O)[O-])cc3)[n+]2C)cc1. The highest BCUT2D eigenvalue weighted by atomic mass is 32.2. The second-order valence-electron chi connectivity index (χ2n) is 5.13. The standard InChI is InChI=1S/C17H14N2O3S2/c1-18-15(11-3-7-13(8-4-11)19(20)21)17(23)24-16(18)12-5-9-14(22-2)10-6-12/h3-10H,1-2H3. The minimum atomic E-state index is -0.408. The van der Waals surface area contributed by atoms with E-state index in [1.807, 2.05) is 35.9 Å². The van der Waals surface area contributed by atoms with Crippen molar-refractivity contribution in [2.45, 2.75) is 4.21 Å². The summed E-state index contributed by atoms with van der Waals surface area (Å²) in [6.07, 6.45) is 0. The van der Waals surface area contributed by atoms with E-state index in [0.29, 0.717) is 0 Å². The highest BCUT2D eigenvalue weighted by Gasteiger charge is 2.19. The van der Waals surface area contributed by atoms with Gasteiger partial charge in [-0.1, -0.05) is 0 Å². The van der Waals surface area contributed by atoms with Crippen molar-refractivity contribution < 1.29 is 14.2 Å². The van der Waals surface area contributed by atoms with E-state index in [9.17, 15) is 10.1 Å². The van der Waals surface area contributed by atoms with Gasteiger partial charge in [0.15, 0.2) is 5.01 Å². The molecule has 3 aromatic rings. The number of non-ortho nitro benzene ring substituents is 1. The van der Waals surface area contributed by atoms with E-state index in [4.69, 9.17) is 17.4 Å². The van der Waals surface area contributed by atoms with Crippen molar-refractivity contribution in [2.75, 3.05) is 7.11 Å². The number of nitro groups is 1. The van der Waals surface area contributed by atoms with Crippen LogP contribution in [0.25, 0.3) is 21.8 Å². The Balaban J connectivity index is 2.04. The molecule has 0 N–H and O–H groups in total. The van der Waals surface area contributed by atoms with Gasteiger partial charge in [0, 0.05) is 23.3 Å². The van der Waals surface area contributed by atoms with E-state index >= 15 is 0 Å². The molecule has 2 aromatic carbocycles. The molecule has 0 bridgehead atoms. The lowest BCUT2D eigenvalue weighted by atomic mass is 10.1. The Kier molecular flexibility index (Phi) is 4.46. The summed E-state index contributed by atoms with van der Waals surface area (Å²) in [6.45, 7) is 0. The molecular formula is C17H14N2O3S2. The summed E-state index contributed by atoms with van der Waals surface area (Å²) >= 11 is 7.03. The molecule has 0 saturated heterocycles. The Labute approximate surface area is 148 Å². The minimum Gasteiger partial charge on any atom is -0.497 e. The van der Waals surface area contributed by atoms with Crippen molar-refractivity contribution in [3.8, 4) is 27.6 Å². The second kappa shape index (κ2) is 6.54. The molecule has 0 aliphatic rings. The maximum atomic E-state index is 10.8. The van der Waals surface area contributed by atoms with E-state index in [-0.39, 0.29) is 5.69 Å². The van der Waals surface area contributed by atoms with Crippen LogP contribution in [-0.4, -0.2) is 12.0 Å². The minimum absolute atomic E-state index is 0.0675. The lowest BCUT2D eigenvalue weighted by molar-refractivity contribution is -0.646. The van der Waals surface area contributed by atoms with Crippen LogP contribution in [0.15, 0.2) is 52.7 Å². The van der Waals surface area contributed by atoms with E-state index in [1.165, 1.54) is 23.5 Å². The quantitative estimate of drug-likeness (QED) is 0.309. The van der Waals surface area contributed by atoms with Gasteiger partial charge in [-0.3, -0.25) is 21.5 Å². The number of methoxy groups -OCH3 is 1. The van der Waals surface area contributed by atoms with Gasteiger partial charge in [0.25, 0.3) is 5.69 Å². The lowest BCUT2D eigenvalue weighted by Crippen LogP contribution is -2.30. The normalized spacial score (nSPS) is 10.6. The van der Waals surface area contributed by atoms with Gasteiger partial charge in [-0.2, -0.15) is 0 Å². The van der Waals surface area contributed by atoms with Crippen LogP contribution in [0, 0.1) is 10.1 Å². The smallest absolute Gasteiger partial charge is 0.269 e. The first-order valence-corrected chi connectivity index (χ1v) is 8.33. The Bertz CT molecular complexity index is 887. The molecule has 24 heavy (non-hydrogen) atoms. The molecule has 0 aliphatic carbocycles. The largest absolute Gasteiger partial charge is 0.497 e. The van der Waals surface area contributed by atoms with Gasteiger partial charge in [-0.05, 0) is 40.6 Å². The van der Waals surface area contributed by atoms with Crippen molar-refractivity contribution in [2.24, 2.45) is 7.05 Å². The summed E-state index contributed by atoms with van der Waals surface area (Å²) in [5.41, 5.74) is 2.86. The van der Waals surface area contributed by atoms with Gasteiger partial charge in [-0.25, -0.2) is 4.57 Å². The fourth-order valence-corrected chi connectivity index (χ4v) is 3.98. The monoisotopic (exact) mass is 358 g/mol. The molecule has 122 valence electrons. The summed E-state index contributed by atoms with van der Waals surface area (Å²) in [7, 11) is 3.58. The molecule has 0 atom stereocenters. The molecule has 0 radical (unpaired) electrons. The molecule has 5 nitrogen and oxygen atoms in total. The third-order valence-corrected chi connectivity index (χ3v) is 5.24. The molecule has 1 aromatic heterocycles. The summed E-state index contributed by atoms with van der Waals surface area (Å²) in [5.74, 6) is 0.798. The first-order valence-electron chi connectivity index (χ1n) is 7.10. The molecule has 0 unspecified atom stereocenters. The van der Waals surface area contributed by atoms with E-state index in [0.717, 1.165) is 31.8 Å². The predicted octanol–water partition coefficient (Wildman–Crippen LogP) is 3.73. The van der Waals surface area contributed by atoms with Gasteiger partial charge in [0.05, 0.1) is 12.0 Å². The van der Waals surface area contributed by atoms with Gasteiger partial charge in [-0.15, -0.1) is 0 Å². The zero-order valence-electron chi connectivity index (χ0n) is 13.1. The fourth-order valence-electron chi connectivity index (χ4n) is 2.48. The zero-order chi connectivity index (χ0) is 17.3. The number of aromatic nitrogens is 1. The number of hydrogen-bond acceptors (Lipinski definition) is 5. The van der Waals surface area contributed by atoms with Crippen molar-refractivity contribution in [3.05, 3.63) is 58.6 Å². The number of nitro benzene ring substituents is 1. The van der Waals surface area contributed by atoms with Gasteiger partial charge >= 0.3 is 0 Å². The first-order chi connectivity index (χ1) is 11.5. The van der Waals surface area contributed by atoms with Crippen molar-refractivity contribution in [1.82, 2.24) is 0 Å². The maximum absolute atomic E-state index is 10.8. The molecule has 0 aliphatic heterocycles. The van der Waals surface area contributed by atoms with E-state index in [1.54, 1.807) is 19.2 Å². The Hall–Kier alpha value is -2.51. The third-order valence-electron chi connectivity index (χ3n) is 3.71. The summed E-state index contributed by atoms with van der Waals surface area (Å²) < 4.78 is 7.96. The van der Waals surface area contributed by atoms with Crippen molar-refractivity contribution in [3.63, 3.8) is 0 Å². The van der Waals surface area contributed by atoms with Gasteiger partial charge in [0.2, 0.25) is 5.69 Å². The second-order valence-corrected chi connectivity index (χ2v) is 6.80.